The number of carbonyl (C=O) groups excluding carboxylic acids is 2. The summed E-state index contributed by atoms with van der Waals surface area (Å²) in [5.41, 5.74) is 0. The van der Waals surface area contributed by atoms with Gasteiger partial charge in [0.1, 0.15) is 0 Å². The molecule has 2 aromatic heterocycles. The number of likely N-dealkylation sites (tertiary alicyclic amines) is 1. The number of hydrogen-bond acceptors (Lipinski definition) is 7. The number of amides is 2. The van der Waals surface area contributed by atoms with Crippen molar-refractivity contribution >= 4 is 11.8 Å². The third kappa shape index (κ3) is 4.17. The monoisotopic (exact) mass is 344 g/mol. The fourth-order valence-corrected chi connectivity index (χ4v) is 2.78. The first kappa shape index (κ1) is 17.0. The molecule has 1 atom stereocenters. The van der Waals surface area contributed by atoms with Crippen LogP contribution in [-0.2, 0) is 16.1 Å². The van der Waals surface area contributed by atoms with E-state index >= 15 is 0 Å². The molecule has 3 heterocycles. The van der Waals surface area contributed by atoms with Gasteiger partial charge in [0.25, 0.3) is 0 Å². The van der Waals surface area contributed by atoms with E-state index in [9.17, 15) is 9.59 Å². The second-order valence-corrected chi connectivity index (χ2v) is 5.83. The predicted octanol–water partition coefficient (Wildman–Crippen LogP) is 0.791. The lowest BCUT2D eigenvalue weighted by Crippen LogP contribution is -2.45. The van der Waals surface area contributed by atoms with Gasteiger partial charge in [0.2, 0.25) is 29.4 Å². The van der Waals surface area contributed by atoms with Crippen molar-refractivity contribution in [2.45, 2.75) is 32.7 Å². The Hall–Kier alpha value is -2.84. The van der Waals surface area contributed by atoms with E-state index in [1.807, 2.05) is 6.92 Å². The largest absolute Gasteiger partial charge is 0.347 e. The van der Waals surface area contributed by atoms with Crippen molar-refractivity contribution in [3.05, 3.63) is 24.4 Å². The molecule has 1 fully saturated rings. The molecule has 1 unspecified atom stereocenters. The van der Waals surface area contributed by atoms with E-state index in [2.05, 4.69) is 25.4 Å². The summed E-state index contributed by atoms with van der Waals surface area (Å²) in [7, 11) is 0. The lowest BCUT2D eigenvalue weighted by molar-refractivity contribution is -0.135. The molecule has 25 heavy (non-hydrogen) atoms. The van der Waals surface area contributed by atoms with Crippen LogP contribution in [0, 0.1) is 5.92 Å². The molecule has 1 saturated heterocycles. The zero-order valence-electron chi connectivity index (χ0n) is 14.0. The molecule has 0 aromatic carbocycles. The zero-order valence-corrected chi connectivity index (χ0v) is 14.0. The Bertz CT molecular complexity index is 732. The van der Waals surface area contributed by atoms with Gasteiger partial charge >= 0.3 is 0 Å². The molecular weight excluding hydrogens is 324 g/mol. The van der Waals surface area contributed by atoms with Gasteiger partial charge in [0.05, 0.1) is 12.5 Å². The summed E-state index contributed by atoms with van der Waals surface area (Å²) in [4.78, 5) is 38.2. The number of aromatic nitrogens is 4. The van der Waals surface area contributed by atoms with Crippen molar-refractivity contribution in [3.63, 3.8) is 0 Å². The third-order valence-corrected chi connectivity index (χ3v) is 4.10. The molecule has 1 aliphatic rings. The molecule has 0 saturated carbocycles. The minimum Gasteiger partial charge on any atom is -0.347 e. The number of hydrogen-bond donors (Lipinski definition) is 1. The summed E-state index contributed by atoms with van der Waals surface area (Å²) in [5.74, 6) is 0.704. The van der Waals surface area contributed by atoms with Crippen LogP contribution in [0.4, 0.5) is 0 Å². The minimum absolute atomic E-state index is 0.0851. The molecule has 0 spiro atoms. The Morgan fingerprint density at radius 1 is 1.32 bits per heavy atom. The Kier molecular flexibility index (Phi) is 5.32. The maximum atomic E-state index is 12.3. The summed E-state index contributed by atoms with van der Waals surface area (Å²) in [5, 5.41) is 6.60. The molecular formula is C16H20N6O3. The van der Waals surface area contributed by atoms with Gasteiger partial charge in [-0.15, -0.1) is 0 Å². The fourth-order valence-electron chi connectivity index (χ4n) is 2.78. The first-order chi connectivity index (χ1) is 12.2. The molecule has 0 bridgehead atoms. The first-order valence-corrected chi connectivity index (χ1v) is 8.33. The molecule has 2 amide bonds. The Morgan fingerprint density at radius 3 is 2.88 bits per heavy atom. The quantitative estimate of drug-likeness (QED) is 0.853. The lowest BCUT2D eigenvalue weighted by Gasteiger charge is -2.31. The van der Waals surface area contributed by atoms with E-state index < -0.39 is 0 Å². The van der Waals surface area contributed by atoms with E-state index in [1.165, 1.54) is 0 Å². The highest BCUT2D eigenvalue weighted by Gasteiger charge is 2.27. The molecule has 0 radical (unpaired) electrons. The summed E-state index contributed by atoms with van der Waals surface area (Å²) in [6.45, 7) is 3.15. The fraction of sp³-hybridized carbons (Fsp3) is 0.500. The van der Waals surface area contributed by atoms with Crippen LogP contribution in [0.1, 0.15) is 32.1 Å². The summed E-state index contributed by atoms with van der Waals surface area (Å²) in [6, 6.07) is 1.70. The van der Waals surface area contributed by atoms with E-state index in [1.54, 1.807) is 23.4 Å². The molecule has 9 heteroatoms. The normalized spacial score (nSPS) is 17.3. The number of rotatable bonds is 5. The van der Waals surface area contributed by atoms with Crippen LogP contribution in [0.3, 0.4) is 0 Å². The van der Waals surface area contributed by atoms with Gasteiger partial charge < -0.3 is 14.7 Å². The van der Waals surface area contributed by atoms with Crippen molar-refractivity contribution in [2.75, 3.05) is 13.1 Å². The zero-order chi connectivity index (χ0) is 17.6. The van der Waals surface area contributed by atoms with Crippen molar-refractivity contribution in [2.24, 2.45) is 5.92 Å². The van der Waals surface area contributed by atoms with E-state index in [4.69, 9.17) is 4.52 Å². The molecule has 2 aromatic rings. The van der Waals surface area contributed by atoms with Crippen molar-refractivity contribution in [1.82, 2.24) is 30.3 Å². The third-order valence-electron chi connectivity index (χ3n) is 4.10. The smallest absolute Gasteiger partial charge is 0.246 e. The van der Waals surface area contributed by atoms with Crippen LogP contribution < -0.4 is 5.32 Å². The van der Waals surface area contributed by atoms with Gasteiger partial charge in [-0.25, -0.2) is 9.97 Å². The molecule has 0 aliphatic carbocycles. The highest BCUT2D eigenvalue weighted by molar-refractivity contribution is 5.81. The van der Waals surface area contributed by atoms with Gasteiger partial charge in [-0.1, -0.05) is 12.1 Å². The molecule has 3 rings (SSSR count). The Balaban J connectivity index is 1.54. The molecule has 132 valence electrons. The average molecular weight is 344 g/mol. The van der Waals surface area contributed by atoms with Crippen molar-refractivity contribution < 1.29 is 14.1 Å². The van der Waals surface area contributed by atoms with E-state index in [0.717, 1.165) is 19.4 Å². The van der Waals surface area contributed by atoms with Crippen LogP contribution in [-0.4, -0.2) is 49.9 Å². The Morgan fingerprint density at radius 2 is 2.12 bits per heavy atom. The maximum Gasteiger partial charge on any atom is 0.246 e. The number of nitrogens with one attached hydrogen (secondary N) is 1. The maximum absolute atomic E-state index is 12.3. The molecule has 1 N–H and O–H groups in total. The summed E-state index contributed by atoms with van der Waals surface area (Å²) >= 11 is 0. The lowest BCUT2D eigenvalue weighted by atomic mass is 9.97. The highest BCUT2D eigenvalue weighted by Crippen LogP contribution is 2.17. The van der Waals surface area contributed by atoms with Gasteiger partial charge in [-0.05, 0) is 18.9 Å². The van der Waals surface area contributed by atoms with Crippen molar-refractivity contribution in [1.29, 1.82) is 0 Å². The van der Waals surface area contributed by atoms with Crippen LogP contribution in [0.15, 0.2) is 23.0 Å². The molecule has 9 nitrogen and oxygen atoms in total. The van der Waals surface area contributed by atoms with E-state index in [0.29, 0.717) is 18.8 Å². The highest BCUT2D eigenvalue weighted by atomic mass is 16.5. The first-order valence-electron chi connectivity index (χ1n) is 8.33. The standard InChI is InChI=1S/C16H20N6O3/c1-2-13(23)22-8-3-5-11(10-22)16(24)19-9-12-20-15(21-25-12)14-17-6-4-7-18-14/h4,6-7,11H,2-3,5,8-10H2,1H3,(H,19,24). The van der Waals surface area contributed by atoms with Gasteiger partial charge in [0, 0.05) is 31.9 Å². The van der Waals surface area contributed by atoms with Crippen LogP contribution in [0.25, 0.3) is 11.6 Å². The van der Waals surface area contributed by atoms with Crippen LogP contribution in [0.5, 0.6) is 0 Å². The summed E-state index contributed by atoms with van der Waals surface area (Å²) < 4.78 is 5.11. The number of carbonyl (C=O) groups is 2. The minimum atomic E-state index is -0.205. The number of nitrogens with zero attached hydrogens (tertiary/aromatic N) is 5. The van der Waals surface area contributed by atoms with E-state index in [-0.39, 0.29) is 36.0 Å². The second-order valence-electron chi connectivity index (χ2n) is 5.83. The molecule has 1 aliphatic heterocycles. The summed E-state index contributed by atoms with van der Waals surface area (Å²) in [6.07, 6.45) is 5.24. The average Bonchev–Trinajstić information content (AvgIpc) is 3.15. The van der Waals surface area contributed by atoms with Crippen LogP contribution in [0.2, 0.25) is 0 Å². The SMILES string of the molecule is CCC(=O)N1CCCC(C(=O)NCc2nc(-c3ncccn3)no2)C1. The number of piperidine rings is 1. The van der Waals surface area contributed by atoms with Crippen LogP contribution >= 0.6 is 0 Å². The van der Waals surface area contributed by atoms with Crippen molar-refractivity contribution in [3.8, 4) is 11.6 Å². The van der Waals surface area contributed by atoms with Gasteiger partial charge in [0.15, 0.2) is 0 Å². The second kappa shape index (κ2) is 7.82. The van der Waals surface area contributed by atoms with Gasteiger partial charge in [-0.2, -0.15) is 4.98 Å². The topological polar surface area (TPSA) is 114 Å². The van der Waals surface area contributed by atoms with Gasteiger partial charge in [-0.3, -0.25) is 9.59 Å². The predicted molar refractivity (Wildman–Crippen MR) is 86.8 cm³/mol. The Labute approximate surface area is 144 Å².